The minimum Gasteiger partial charge on any atom is -0.327 e. The zero-order valence-electron chi connectivity index (χ0n) is 11.9. The maximum Gasteiger partial charge on any atom is 0.0453 e. The van der Waals surface area contributed by atoms with Crippen LogP contribution in [0.1, 0.15) is 31.4 Å². The molecule has 0 heterocycles. The Morgan fingerprint density at radius 2 is 2.00 bits per heavy atom. The maximum atomic E-state index is 6.24. The molecule has 1 aromatic carbocycles. The van der Waals surface area contributed by atoms with Crippen molar-refractivity contribution in [2.24, 2.45) is 11.7 Å². The van der Waals surface area contributed by atoms with E-state index in [9.17, 15) is 0 Å². The molecule has 0 fully saturated rings. The van der Waals surface area contributed by atoms with Crippen LogP contribution in [0.3, 0.4) is 0 Å². The number of halogens is 1. The van der Waals surface area contributed by atoms with Crippen LogP contribution < -0.4 is 5.73 Å². The second-order valence-electron chi connectivity index (χ2n) is 5.53. The van der Waals surface area contributed by atoms with Gasteiger partial charge in [-0.2, -0.15) is 0 Å². The molecule has 0 aliphatic rings. The third-order valence-electron chi connectivity index (χ3n) is 3.35. The number of rotatable bonds is 6. The van der Waals surface area contributed by atoms with Crippen molar-refractivity contribution in [2.75, 3.05) is 13.6 Å². The molecule has 2 nitrogen and oxygen atoms in total. The van der Waals surface area contributed by atoms with E-state index in [4.69, 9.17) is 17.3 Å². The van der Waals surface area contributed by atoms with E-state index in [1.807, 2.05) is 6.07 Å². The fourth-order valence-electron chi connectivity index (χ4n) is 1.85. The van der Waals surface area contributed by atoms with Crippen LogP contribution in [0.2, 0.25) is 5.02 Å². The van der Waals surface area contributed by atoms with Gasteiger partial charge in [-0.05, 0) is 50.0 Å². The molecule has 0 aliphatic carbocycles. The van der Waals surface area contributed by atoms with E-state index in [0.29, 0.717) is 5.92 Å². The maximum absolute atomic E-state index is 6.24. The Bertz CT molecular complexity index is 377. The molecule has 102 valence electrons. The summed E-state index contributed by atoms with van der Waals surface area (Å²) in [6.45, 7) is 8.28. The zero-order chi connectivity index (χ0) is 13.7. The predicted octanol–water partition coefficient (Wildman–Crippen LogP) is 3.45. The molecule has 1 rings (SSSR count). The van der Waals surface area contributed by atoms with Crippen molar-refractivity contribution in [2.45, 2.75) is 39.8 Å². The number of nitrogens with two attached hydrogens (primary N) is 1. The lowest BCUT2D eigenvalue weighted by Crippen LogP contribution is -2.31. The van der Waals surface area contributed by atoms with Gasteiger partial charge in [0.15, 0.2) is 0 Å². The van der Waals surface area contributed by atoms with E-state index in [2.05, 4.69) is 44.9 Å². The van der Waals surface area contributed by atoms with Crippen LogP contribution in [0.5, 0.6) is 0 Å². The van der Waals surface area contributed by atoms with Crippen molar-refractivity contribution in [1.29, 1.82) is 0 Å². The lowest BCUT2D eigenvalue weighted by Gasteiger charge is -2.21. The molecule has 0 aromatic heterocycles. The van der Waals surface area contributed by atoms with Gasteiger partial charge < -0.3 is 10.6 Å². The average molecular weight is 269 g/mol. The van der Waals surface area contributed by atoms with Gasteiger partial charge in [-0.3, -0.25) is 0 Å². The topological polar surface area (TPSA) is 29.3 Å². The first kappa shape index (κ1) is 15.5. The van der Waals surface area contributed by atoms with Crippen LogP contribution in [0.4, 0.5) is 0 Å². The van der Waals surface area contributed by atoms with E-state index in [1.165, 1.54) is 11.1 Å². The third kappa shape index (κ3) is 4.97. The van der Waals surface area contributed by atoms with Gasteiger partial charge >= 0.3 is 0 Å². The van der Waals surface area contributed by atoms with Crippen LogP contribution >= 0.6 is 11.6 Å². The summed E-state index contributed by atoms with van der Waals surface area (Å²) in [4.78, 5) is 2.28. The summed E-state index contributed by atoms with van der Waals surface area (Å²) in [5.41, 5.74) is 8.44. The van der Waals surface area contributed by atoms with Crippen molar-refractivity contribution in [3.8, 4) is 0 Å². The molecule has 1 unspecified atom stereocenters. The lowest BCUT2D eigenvalue weighted by molar-refractivity contribution is 0.296. The van der Waals surface area contributed by atoms with Crippen LogP contribution in [0.15, 0.2) is 18.2 Å². The molecule has 0 aliphatic heterocycles. The highest BCUT2D eigenvalue weighted by Gasteiger charge is 2.10. The minimum absolute atomic E-state index is 0.279. The highest BCUT2D eigenvalue weighted by Crippen LogP contribution is 2.19. The molecule has 1 aromatic rings. The van der Waals surface area contributed by atoms with Gasteiger partial charge in [-0.25, -0.2) is 0 Å². The lowest BCUT2D eigenvalue weighted by atomic mass is 10.0. The quantitative estimate of drug-likeness (QED) is 0.856. The first-order valence-electron chi connectivity index (χ1n) is 6.59. The number of hydrogen-bond acceptors (Lipinski definition) is 2. The summed E-state index contributed by atoms with van der Waals surface area (Å²) in [5.74, 6) is 0.543. The fourth-order valence-corrected chi connectivity index (χ4v) is 2.15. The van der Waals surface area contributed by atoms with Gasteiger partial charge in [0.2, 0.25) is 0 Å². The Morgan fingerprint density at radius 1 is 1.33 bits per heavy atom. The second kappa shape index (κ2) is 7.13. The monoisotopic (exact) mass is 268 g/mol. The molecule has 2 N–H and O–H groups in total. The second-order valence-corrected chi connectivity index (χ2v) is 5.94. The Hall–Kier alpha value is -0.570. The summed E-state index contributed by atoms with van der Waals surface area (Å²) in [6, 6.07) is 6.51. The fraction of sp³-hybridized carbons (Fsp3) is 0.600. The van der Waals surface area contributed by atoms with Crippen molar-refractivity contribution in [3.05, 3.63) is 34.3 Å². The molecule has 0 spiro atoms. The minimum atomic E-state index is 0.279. The average Bonchev–Trinajstić information content (AvgIpc) is 2.29. The van der Waals surface area contributed by atoms with E-state index in [0.717, 1.165) is 24.5 Å². The molecular weight excluding hydrogens is 244 g/mol. The summed E-state index contributed by atoms with van der Waals surface area (Å²) >= 11 is 6.24. The van der Waals surface area contributed by atoms with Gasteiger partial charge in [-0.1, -0.05) is 37.6 Å². The first-order valence-corrected chi connectivity index (χ1v) is 6.97. The molecule has 3 heteroatoms. The molecular formula is C15H25ClN2. The predicted molar refractivity (Wildman–Crippen MR) is 80.0 cm³/mol. The Kier molecular flexibility index (Phi) is 6.13. The smallest absolute Gasteiger partial charge is 0.0453 e. The molecule has 1 atom stereocenters. The molecule has 0 saturated carbocycles. The van der Waals surface area contributed by atoms with E-state index in [1.54, 1.807) is 0 Å². The Balaban J connectivity index is 2.47. The van der Waals surface area contributed by atoms with Crippen LogP contribution in [0.25, 0.3) is 0 Å². The number of nitrogens with zero attached hydrogens (tertiary/aromatic N) is 1. The molecule has 0 amide bonds. The van der Waals surface area contributed by atoms with Crippen molar-refractivity contribution >= 4 is 11.6 Å². The van der Waals surface area contributed by atoms with Crippen molar-refractivity contribution in [3.63, 3.8) is 0 Å². The number of aryl methyl sites for hydroxylation is 1. The Morgan fingerprint density at radius 3 is 2.56 bits per heavy atom. The van der Waals surface area contributed by atoms with Crippen LogP contribution in [-0.2, 0) is 6.54 Å². The number of hydrogen-bond donors (Lipinski definition) is 1. The van der Waals surface area contributed by atoms with Gasteiger partial charge in [-0.15, -0.1) is 0 Å². The van der Waals surface area contributed by atoms with Gasteiger partial charge in [0, 0.05) is 17.6 Å². The van der Waals surface area contributed by atoms with Crippen molar-refractivity contribution in [1.82, 2.24) is 4.90 Å². The van der Waals surface area contributed by atoms with Crippen molar-refractivity contribution < 1.29 is 0 Å². The SMILES string of the molecule is Cc1ccc(CN(C)CCC(N)C(C)C)c(Cl)c1. The van der Waals surface area contributed by atoms with Gasteiger partial charge in [0.05, 0.1) is 0 Å². The van der Waals surface area contributed by atoms with Gasteiger partial charge in [0.25, 0.3) is 0 Å². The first-order chi connectivity index (χ1) is 8.40. The number of benzene rings is 1. The summed E-state index contributed by atoms with van der Waals surface area (Å²) in [7, 11) is 2.11. The molecule has 0 radical (unpaired) electrons. The van der Waals surface area contributed by atoms with E-state index in [-0.39, 0.29) is 6.04 Å². The molecule has 0 bridgehead atoms. The standard InChI is InChI=1S/C15H25ClN2/c1-11(2)15(17)7-8-18(4)10-13-6-5-12(3)9-14(13)16/h5-6,9,11,15H,7-8,10,17H2,1-4H3. The molecule has 0 saturated heterocycles. The van der Waals surface area contributed by atoms with E-state index < -0.39 is 0 Å². The summed E-state index contributed by atoms with van der Waals surface area (Å²) < 4.78 is 0. The highest BCUT2D eigenvalue weighted by atomic mass is 35.5. The van der Waals surface area contributed by atoms with Gasteiger partial charge in [0.1, 0.15) is 0 Å². The normalized spacial score (nSPS) is 13.3. The molecule has 18 heavy (non-hydrogen) atoms. The zero-order valence-corrected chi connectivity index (χ0v) is 12.7. The Labute approximate surface area is 116 Å². The summed E-state index contributed by atoms with van der Waals surface area (Å²) in [6.07, 6.45) is 1.03. The van der Waals surface area contributed by atoms with Crippen LogP contribution in [0, 0.1) is 12.8 Å². The highest BCUT2D eigenvalue weighted by molar-refractivity contribution is 6.31. The van der Waals surface area contributed by atoms with Crippen LogP contribution in [-0.4, -0.2) is 24.5 Å². The summed E-state index contributed by atoms with van der Waals surface area (Å²) in [5, 5.41) is 0.856. The van der Waals surface area contributed by atoms with E-state index >= 15 is 0 Å². The third-order valence-corrected chi connectivity index (χ3v) is 3.70. The largest absolute Gasteiger partial charge is 0.327 e.